The first-order chi connectivity index (χ1) is 10.3. The van der Waals surface area contributed by atoms with Crippen molar-refractivity contribution in [1.29, 1.82) is 0 Å². The van der Waals surface area contributed by atoms with Gasteiger partial charge in [-0.1, -0.05) is 24.8 Å². The molecule has 0 fully saturated rings. The van der Waals surface area contributed by atoms with Crippen molar-refractivity contribution in [3.8, 4) is 11.3 Å². The molecule has 0 saturated carbocycles. The quantitative estimate of drug-likeness (QED) is 0.636. The van der Waals surface area contributed by atoms with Gasteiger partial charge in [-0.25, -0.2) is 0 Å². The number of nitrogen functional groups attached to an aromatic ring is 1. The molecule has 0 spiro atoms. The number of pyridine rings is 1. The first-order valence-corrected chi connectivity index (χ1v) is 6.65. The van der Waals surface area contributed by atoms with E-state index in [1.54, 1.807) is 6.20 Å². The number of benzene rings is 1. The van der Waals surface area contributed by atoms with Crippen molar-refractivity contribution in [2.45, 2.75) is 0 Å². The van der Waals surface area contributed by atoms with Crippen LogP contribution in [0, 0.1) is 0 Å². The van der Waals surface area contributed by atoms with Gasteiger partial charge in [0.05, 0.1) is 5.69 Å². The molecule has 4 N–H and O–H groups in total. The summed E-state index contributed by atoms with van der Waals surface area (Å²) in [6.07, 6.45) is 3.61. The zero-order valence-corrected chi connectivity index (χ0v) is 11.5. The number of hydrogen-bond acceptors (Lipinski definition) is 3. The van der Waals surface area contributed by atoms with E-state index in [0.29, 0.717) is 5.69 Å². The van der Waals surface area contributed by atoms with Gasteiger partial charge in [0.2, 0.25) is 0 Å². The maximum absolute atomic E-state index is 6.06. The first-order valence-electron chi connectivity index (χ1n) is 6.65. The Kier molecular flexibility index (Phi) is 3.43. The Morgan fingerprint density at radius 1 is 1.10 bits per heavy atom. The third kappa shape index (κ3) is 2.65. The highest BCUT2D eigenvalue weighted by molar-refractivity contribution is 5.86. The van der Waals surface area contributed by atoms with E-state index in [1.807, 2.05) is 54.7 Å². The Bertz CT molecular complexity index is 760. The van der Waals surface area contributed by atoms with Crippen molar-refractivity contribution in [1.82, 2.24) is 9.97 Å². The molecule has 4 heteroatoms. The van der Waals surface area contributed by atoms with Crippen LogP contribution in [0.1, 0.15) is 5.56 Å². The minimum Gasteiger partial charge on any atom is -0.398 e. The number of nitrogens with two attached hydrogens (primary N) is 1. The van der Waals surface area contributed by atoms with E-state index in [1.165, 1.54) is 0 Å². The van der Waals surface area contributed by atoms with Gasteiger partial charge in [-0.3, -0.25) is 4.98 Å². The lowest BCUT2D eigenvalue weighted by Gasteiger charge is -2.13. The molecule has 104 valence electrons. The number of rotatable bonds is 4. The van der Waals surface area contributed by atoms with Crippen LogP contribution in [0.4, 0.5) is 11.5 Å². The molecule has 2 aromatic heterocycles. The number of aromatic amines is 1. The second-order valence-corrected chi connectivity index (χ2v) is 4.67. The molecule has 0 saturated heterocycles. The number of aromatic nitrogens is 2. The summed E-state index contributed by atoms with van der Waals surface area (Å²) >= 11 is 0. The number of hydrogen-bond donors (Lipinski definition) is 3. The standard InChI is InChI=1S/C17H16N4/c1-12(21-16-9-5-10-19-16)13-7-4-11-20-17(13)14-6-2-3-8-15(14)18/h2-11,19,21H,1,18H2. The van der Waals surface area contributed by atoms with Crippen LogP contribution in [0.5, 0.6) is 0 Å². The van der Waals surface area contributed by atoms with Gasteiger partial charge in [-0.05, 0) is 30.3 Å². The molecule has 1 aromatic carbocycles. The molecule has 0 aliphatic carbocycles. The van der Waals surface area contributed by atoms with Crippen LogP contribution in [0.3, 0.4) is 0 Å². The van der Waals surface area contributed by atoms with Gasteiger partial charge in [0.15, 0.2) is 0 Å². The summed E-state index contributed by atoms with van der Waals surface area (Å²) in [4.78, 5) is 7.56. The fourth-order valence-electron chi connectivity index (χ4n) is 2.21. The summed E-state index contributed by atoms with van der Waals surface area (Å²) in [7, 11) is 0. The molecule has 0 radical (unpaired) electrons. The summed E-state index contributed by atoms with van der Waals surface area (Å²) in [5.74, 6) is 0.885. The Morgan fingerprint density at radius 3 is 2.71 bits per heavy atom. The zero-order chi connectivity index (χ0) is 14.7. The molecule has 0 unspecified atom stereocenters. The van der Waals surface area contributed by atoms with Crippen molar-refractivity contribution in [3.63, 3.8) is 0 Å². The summed E-state index contributed by atoms with van der Waals surface area (Å²) in [5.41, 5.74) is 10.2. The SMILES string of the molecule is C=C(Nc1ccc[nH]1)c1cccnc1-c1ccccc1N. The molecule has 0 atom stereocenters. The molecule has 3 aromatic rings. The zero-order valence-electron chi connectivity index (χ0n) is 11.5. The lowest BCUT2D eigenvalue weighted by atomic mass is 10.0. The smallest absolute Gasteiger partial charge is 0.107 e. The van der Waals surface area contributed by atoms with Crippen LogP contribution in [-0.4, -0.2) is 9.97 Å². The molecule has 2 heterocycles. The van der Waals surface area contributed by atoms with E-state index in [0.717, 1.165) is 28.3 Å². The lowest BCUT2D eigenvalue weighted by Crippen LogP contribution is -2.02. The predicted octanol–water partition coefficient (Wildman–Crippen LogP) is 3.74. The van der Waals surface area contributed by atoms with Gasteiger partial charge >= 0.3 is 0 Å². The van der Waals surface area contributed by atoms with Crippen LogP contribution >= 0.6 is 0 Å². The van der Waals surface area contributed by atoms with Crippen molar-refractivity contribution >= 4 is 17.2 Å². The molecular weight excluding hydrogens is 260 g/mol. The van der Waals surface area contributed by atoms with Gasteiger partial charge in [-0.15, -0.1) is 0 Å². The van der Waals surface area contributed by atoms with E-state index < -0.39 is 0 Å². The topological polar surface area (TPSA) is 66.7 Å². The van der Waals surface area contributed by atoms with Gasteiger partial charge in [0, 0.05) is 34.9 Å². The molecule has 0 amide bonds. The van der Waals surface area contributed by atoms with E-state index >= 15 is 0 Å². The minimum absolute atomic E-state index is 0.699. The van der Waals surface area contributed by atoms with Crippen LogP contribution < -0.4 is 11.1 Å². The van der Waals surface area contributed by atoms with Crippen LogP contribution in [0.2, 0.25) is 0 Å². The largest absolute Gasteiger partial charge is 0.398 e. The second kappa shape index (κ2) is 5.54. The number of H-pyrrole nitrogens is 1. The van der Waals surface area contributed by atoms with E-state index in [2.05, 4.69) is 21.9 Å². The highest BCUT2D eigenvalue weighted by Gasteiger charge is 2.11. The molecule has 0 aliphatic rings. The van der Waals surface area contributed by atoms with Gasteiger partial charge < -0.3 is 16.0 Å². The fraction of sp³-hybridized carbons (Fsp3) is 0. The predicted molar refractivity (Wildman–Crippen MR) is 87.5 cm³/mol. The third-order valence-corrected chi connectivity index (χ3v) is 3.23. The lowest BCUT2D eigenvalue weighted by molar-refractivity contribution is 1.30. The summed E-state index contributed by atoms with van der Waals surface area (Å²) < 4.78 is 0. The Hall–Kier alpha value is -3.01. The third-order valence-electron chi connectivity index (χ3n) is 3.23. The molecule has 0 aliphatic heterocycles. The maximum Gasteiger partial charge on any atom is 0.107 e. The number of anilines is 2. The Labute approximate surface area is 123 Å². The number of para-hydroxylation sites is 1. The van der Waals surface area contributed by atoms with Crippen LogP contribution in [0.15, 0.2) is 67.5 Å². The first kappa shape index (κ1) is 13.0. The van der Waals surface area contributed by atoms with Crippen LogP contribution in [0.25, 0.3) is 17.0 Å². The van der Waals surface area contributed by atoms with Gasteiger partial charge in [-0.2, -0.15) is 0 Å². The average Bonchev–Trinajstić information content (AvgIpc) is 3.01. The van der Waals surface area contributed by atoms with E-state index in [-0.39, 0.29) is 0 Å². The normalized spacial score (nSPS) is 10.3. The number of nitrogens with zero attached hydrogens (tertiary/aromatic N) is 1. The second-order valence-electron chi connectivity index (χ2n) is 4.67. The Balaban J connectivity index is 2.00. The van der Waals surface area contributed by atoms with Crippen molar-refractivity contribution in [3.05, 3.63) is 73.1 Å². The van der Waals surface area contributed by atoms with Gasteiger partial charge in [0.1, 0.15) is 5.82 Å². The van der Waals surface area contributed by atoms with E-state index in [4.69, 9.17) is 5.73 Å². The molecule has 4 nitrogen and oxygen atoms in total. The van der Waals surface area contributed by atoms with Crippen molar-refractivity contribution in [2.75, 3.05) is 11.1 Å². The summed E-state index contributed by atoms with van der Waals surface area (Å²) in [6.45, 7) is 4.10. The molecular formula is C17H16N4. The molecule has 3 rings (SSSR count). The highest BCUT2D eigenvalue weighted by atomic mass is 15.0. The number of nitrogens with one attached hydrogen (secondary N) is 2. The fourth-order valence-corrected chi connectivity index (χ4v) is 2.21. The monoisotopic (exact) mass is 276 g/mol. The summed E-state index contributed by atoms with van der Waals surface area (Å²) in [6, 6.07) is 15.4. The maximum atomic E-state index is 6.06. The van der Waals surface area contributed by atoms with E-state index in [9.17, 15) is 0 Å². The highest BCUT2D eigenvalue weighted by Crippen LogP contribution is 2.30. The average molecular weight is 276 g/mol. The Morgan fingerprint density at radius 2 is 1.95 bits per heavy atom. The van der Waals surface area contributed by atoms with Crippen LogP contribution in [-0.2, 0) is 0 Å². The van der Waals surface area contributed by atoms with Crippen molar-refractivity contribution in [2.24, 2.45) is 0 Å². The molecule has 0 bridgehead atoms. The van der Waals surface area contributed by atoms with Gasteiger partial charge in [0.25, 0.3) is 0 Å². The molecule has 21 heavy (non-hydrogen) atoms. The summed E-state index contributed by atoms with van der Waals surface area (Å²) in [5, 5.41) is 3.24. The minimum atomic E-state index is 0.699. The van der Waals surface area contributed by atoms with Crippen molar-refractivity contribution < 1.29 is 0 Å².